The first-order valence-corrected chi connectivity index (χ1v) is 7.65. The van der Waals surface area contributed by atoms with E-state index in [1.807, 2.05) is 11.3 Å². The second kappa shape index (κ2) is 5.72. The van der Waals surface area contributed by atoms with Crippen LogP contribution in [0.15, 0.2) is 30.3 Å². The molecule has 3 rings (SSSR count). The summed E-state index contributed by atoms with van der Waals surface area (Å²) in [6.45, 7) is 6.24. The first kappa shape index (κ1) is 12.6. The third-order valence-corrected chi connectivity index (χ3v) is 4.43. The minimum absolute atomic E-state index is 0.945. The molecule has 1 aliphatic rings. The van der Waals surface area contributed by atoms with E-state index in [0.29, 0.717) is 0 Å². The van der Waals surface area contributed by atoms with Crippen molar-refractivity contribution in [2.75, 3.05) is 18.4 Å². The van der Waals surface area contributed by atoms with Gasteiger partial charge in [0.2, 0.25) is 0 Å². The highest BCUT2D eigenvalue weighted by molar-refractivity contribution is 7.15. The topological polar surface area (TPSA) is 28.2 Å². The number of fused-ring (bicyclic) bond motifs is 1. The standard InChI is InChI=1S/C15H19N3S/c1-2-16-15-17-13-8-9-18(11-14(13)19-15)10-12-6-4-3-5-7-12/h3-7H,2,8-11H2,1H3,(H,16,17). The van der Waals surface area contributed by atoms with Crippen molar-refractivity contribution in [1.29, 1.82) is 0 Å². The third-order valence-electron chi connectivity index (χ3n) is 3.39. The molecule has 0 spiro atoms. The Labute approximate surface area is 118 Å². The maximum atomic E-state index is 4.66. The molecule has 0 atom stereocenters. The van der Waals surface area contributed by atoms with E-state index in [-0.39, 0.29) is 0 Å². The van der Waals surface area contributed by atoms with Crippen LogP contribution < -0.4 is 5.32 Å². The number of nitrogens with zero attached hydrogens (tertiary/aromatic N) is 2. The summed E-state index contributed by atoms with van der Waals surface area (Å²) in [7, 11) is 0. The second-order valence-electron chi connectivity index (χ2n) is 4.87. The lowest BCUT2D eigenvalue weighted by Gasteiger charge is -2.25. The highest BCUT2D eigenvalue weighted by atomic mass is 32.1. The maximum absolute atomic E-state index is 4.66. The highest BCUT2D eigenvalue weighted by Gasteiger charge is 2.20. The SMILES string of the molecule is CCNc1nc2c(s1)CN(Cc1ccccc1)CC2. The molecule has 19 heavy (non-hydrogen) atoms. The molecule has 0 saturated carbocycles. The third kappa shape index (κ3) is 2.96. The number of rotatable bonds is 4. The lowest BCUT2D eigenvalue weighted by Crippen LogP contribution is -2.29. The van der Waals surface area contributed by atoms with Crippen molar-refractivity contribution in [3.63, 3.8) is 0 Å². The van der Waals surface area contributed by atoms with Gasteiger partial charge in [0, 0.05) is 37.5 Å². The smallest absolute Gasteiger partial charge is 0.183 e. The van der Waals surface area contributed by atoms with Gasteiger partial charge in [-0.05, 0) is 12.5 Å². The molecule has 2 heterocycles. The molecule has 0 fully saturated rings. The van der Waals surface area contributed by atoms with Gasteiger partial charge in [0.25, 0.3) is 0 Å². The zero-order chi connectivity index (χ0) is 13.1. The Balaban J connectivity index is 1.68. The van der Waals surface area contributed by atoms with Gasteiger partial charge >= 0.3 is 0 Å². The molecule has 2 aromatic rings. The van der Waals surface area contributed by atoms with Gasteiger partial charge in [0.1, 0.15) is 0 Å². The summed E-state index contributed by atoms with van der Waals surface area (Å²) < 4.78 is 0. The number of nitrogens with one attached hydrogen (secondary N) is 1. The predicted octanol–water partition coefficient (Wildman–Crippen LogP) is 3.13. The van der Waals surface area contributed by atoms with Crippen LogP contribution in [0.5, 0.6) is 0 Å². The van der Waals surface area contributed by atoms with Crippen LogP contribution in [0.3, 0.4) is 0 Å². The molecule has 0 aliphatic carbocycles. The van der Waals surface area contributed by atoms with Crippen molar-refractivity contribution in [3.8, 4) is 0 Å². The fourth-order valence-electron chi connectivity index (χ4n) is 2.45. The molecule has 0 bridgehead atoms. The Morgan fingerprint density at radius 1 is 1.32 bits per heavy atom. The fourth-order valence-corrected chi connectivity index (χ4v) is 3.57. The van der Waals surface area contributed by atoms with Gasteiger partial charge in [-0.1, -0.05) is 30.3 Å². The van der Waals surface area contributed by atoms with Gasteiger partial charge in [-0.25, -0.2) is 4.98 Å². The molecule has 4 heteroatoms. The van der Waals surface area contributed by atoms with E-state index in [1.54, 1.807) is 0 Å². The Morgan fingerprint density at radius 2 is 2.16 bits per heavy atom. The highest BCUT2D eigenvalue weighted by Crippen LogP contribution is 2.28. The summed E-state index contributed by atoms with van der Waals surface area (Å²) in [4.78, 5) is 8.60. The molecule has 0 radical (unpaired) electrons. The summed E-state index contributed by atoms with van der Waals surface area (Å²) in [5.41, 5.74) is 2.69. The molecule has 1 aliphatic heterocycles. The monoisotopic (exact) mass is 273 g/mol. The molecule has 0 unspecified atom stereocenters. The first-order valence-electron chi connectivity index (χ1n) is 6.84. The zero-order valence-electron chi connectivity index (χ0n) is 11.2. The van der Waals surface area contributed by atoms with Gasteiger partial charge in [-0.15, -0.1) is 11.3 Å². The Bertz CT molecular complexity index is 536. The largest absolute Gasteiger partial charge is 0.362 e. The molecule has 0 saturated heterocycles. The van der Waals surface area contributed by atoms with Crippen LogP contribution in [0.1, 0.15) is 23.1 Å². The lowest BCUT2D eigenvalue weighted by atomic mass is 10.1. The molecule has 1 aromatic carbocycles. The fraction of sp³-hybridized carbons (Fsp3) is 0.400. The Kier molecular flexibility index (Phi) is 3.80. The molecule has 3 nitrogen and oxygen atoms in total. The summed E-state index contributed by atoms with van der Waals surface area (Å²) in [5, 5.41) is 4.40. The van der Waals surface area contributed by atoms with E-state index >= 15 is 0 Å². The minimum atomic E-state index is 0.945. The van der Waals surface area contributed by atoms with Crippen molar-refractivity contribution in [2.24, 2.45) is 0 Å². The van der Waals surface area contributed by atoms with Crippen LogP contribution in [-0.4, -0.2) is 23.0 Å². The molecule has 1 N–H and O–H groups in total. The quantitative estimate of drug-likeness (QED) is 0.927. The average molecular weight is 273 g/mol. The van der Waals surface area contributed by atoms with Crippen LogP contribution in [0.25, 0.3) is 0 Å². The van der Waals surface area contributed by atoms with Crippen LogP contribution in [0.4, 0.5) is 5.13 Å². The number of hydrogen-bond acceptors (Lipinski definition) is 4. The maximum Gasteiger partial charge on any atom is 0.183 e. The van der Waals surface area contributed by atoms with Crippen molar-refractivity contribution in [2.45, 2.75) is 26.4 Å². The van der Waals surface area contributed by atoms with Crippen molar-refractivity contribution < 1.29 is 0 Å². The van der Waals surface area contributed by atoms with Crippen LogP contribution in [0.2, 0.25) is 0 Å². The molecule has 1 aromatic heterocycles. The van der Waals surface area contributed by atoms with Crippen molar-refractivity contribution in [3.05, 3.63) is 46.5 Å². The molecular weight excluding hydrogens is 254 g/mol. The Hall–Kier alpha value is -1.39. The van der Waals surface area contributed by atoms with E-state index in [9.17, 15) is 0 Å². The number of benzene rings is 1. The van der Waals surface area contributed by atoms with E-state index in [4.69, 9.17) is 0 Å². The van der Waals surface area contributed by atoms with Gasteiger partial charge in [0.15, 0.2) is 5.13 Å². The summed E-state index contributed by atoms with van der Waals surface area (Å²) in [5.74, 6) is 0. The number of anilines is 1. The number of aromatic nitrogens is 1. The summed E-state index contributed by atoms with van der Waals surface area (Å²) >= 11 is 1.81. The average Bonchev–Trinajstić information content (AvgIpc) is 2.82. The molecule has 0 amide bonds. The Morgan fingerprint density at radius 3 is 2.95 bits per heavy atom. The van der Waals surface area contributed by atoms with Crippen LogP contribution in [-0.2, 0) is 19.5 Å². The molecule has 100 valence electrons. The van der Waals surface area contributed by atoms with Crippen LogP contribution in [0, 0.1) is 0 Å². The van der Waals surface area contributed by atoms with Crippen molar-refractivity contribution >= 4 is 16.5 Å². The first-order chi connectivity index (χ1) is 9.35. The van der Waals surface area contributed by atoms with E-state index < -0.39 is 0 Å². The van der Waals surface area contributed by atoms with Gasteiger partial charge in [0.05, 0.1) is 5.69 Å². The molecular formula is C15H19N3S. The summed E-state index contributed by atoms with van der Waals surface area (Å²) in [6, 6.07) is 10.7. The van der Waals surface area contributed by atoms with Gasteiger partial charge in [-0.3, -0.25) is 4.90 Å². The van der Waals surface area contributed by atoms with E-state index in [2.05, 4.69) is 52.5 Å². The normalized spacial score (nSPS) is 15.2. The van der Waals surface area contributed by atoms with Crippen LogP contribution >= 0.6 is 11.3 Å². The zero-order valence-corrected chi connectivity index (χ0v) is 12.0. The number of thiazole rings is 1. The lowest BCUT2D eigenvalue weighted by molar-refractivity contribution is 0.247. The number of hydrogen-bond donors (Lipinski definition) is 1. The minimum Gasteiger partial charge on any atom is -0.362 e. The predicted molar refractivity (Wildman–Crippen MR) is 80.5 cm³/mol. The van der Waals surface area contributed by atoms with Gasteiger partial charge in [-0.2, -0.15) is 0 Å². The van der Waals surface area contributed by atoms with E-state index in [0.717, 1.165) is 37.7 Å². The summed E-state index contributed by atoms with van der Waals surface area (Å²) in [6.07, 6.45) is 1.07. The van der Waals surface area contributed by atoms with Crippen molar-refractivity contribution in [1.82, 2.24) is 9.88 Å². The van der Waals surface area contributed by atoms with E-state index in [1.165, 1.54) is 16.1 Å². The second-order valence-corrected chi connectivity index (χ2v) is 5.95. The van der Waals surface area contributed by atoms with Gasteiger partial charge < -0.3 is 5.32 Å².